The van der Waals surface area contributed by atoms with Crippen LogP contribution in [-0.2, 0) is 69.7 Å². The summed E-state index contributed by atoms with van der Waals surface area (Å²) < 4.78 is 114. The maximum atomic E-state index is 13.6. The Morgan fingerprint density at radius 2 is 1.36 bits per heavy atom. The average molecular weight is 1220 g/mol. The van der Waals surface area contributed by atoms with Crippen LogP contribution in [-0.4, -0.2) is 211 Å². The lowest BCUT2D eigenvalue weighted by atomic mass is 10.1. The summed E-state index contributed by atoms with van der Waals surface area (Å²) in [6.45, 7) is 12.8. The normalized spacial score (nSPS) is 17.4. The van der Waals surface area contributed by atoms with Crippen molar-refractivity contribution in [1.82, 2.24) is 39.6 Å². The van der Waals surface area contributed by atoms with Crippen molar-refractivity contribution in [1.29, 1.82) is 0 Å². The zero-order chi connectivity index (χ0) is 58.3. The average Bonchev–Trinajstić information content (AvgIpc) is 4.10. The molecule has 0 amide bonds. The van der Waals surface area contributed by atoms with Crippen molar-refractivity contribution in [2.24, 2.45) is 0 Å². The SMILES string of the molecule is C1CC1.CCC1CCC(n2ncc3c(NC4CCN(CCOCCOCCOCCOCc5cn(CCOCCOCCOCCOCCC(=O)Oc6c(F)cc(F)cc6F)nn5)CC4)nc(Cl)nc32)O1.CO[P+](C)(O)CP(=O)(O)O. The maximum absolute atomic E-state index is 13.6. The summed E-state index contributed by atoms with van der Waals surface area (Å²) in [5, 5.41) is 17.5. The minimum absolute atomic E-state index is 0.0433. The number of nitrogens with one attached hydrogen (secondary N) is 1. The Labute approximate surface area is 475 Å². The molecule has 0 spiro atoms. The van der Waals surface area contributed by atoms with Gasteiger partial charge in [-0.2, -0.15) is 15.1 Å². The van der Waals surface area contributed by atoms with Crippen LogP contribution >= 0.6 is 26.9 Å². The number of hydrogen-bond donors (Lipinski definition) is 4. The van der Waals surface area contributed by atoms with E-state index in [4.69, 9.17) is 68.9 Å². The summed E-state index contributed by atoms with van der Waals surface area (Å²) in [6, 6.07) is 1.13. The third-order valence-electron chi connectivity index (χ3n) is 12.1. The lowest BCUT2D eigenvalue weighted by Crippen LogP contribution is -2.40. The highest BCUT2D eigenvalue weighted by molar-refractivity contribution is 7.76. The summed E-state index contributed by atoms with van der Waals surface area (Å²) in [5.74, 6) is -5.43. The Balaban J connectivity index is 0.000000819. The first-order valence-corrected chi connectivity index (χ1v) is 31.6. The predicted molar refractivity (Wildman–Crippen MR) is 292 cm³/mol. The summed E-state index contributed by atoms with van der Waals surface area (Å²) in [5.41, 5.74) is 1.40. The molecule has 25 nitrogen and oxygen atoms in total. The van der Waals surface area contributed by atoms with Crippen LogP contribution in [0, 0.1) is 17.5 Å². The smallest absolute Gasteiger partial charge is 0.367 e. The van der Waals surface area contributed by atoms with E-state index >= 15 is 0 Å². The molecule has 4 N–H and O–H groups in total. The second kappa shape index (κ2) is 37.6. The quantitative estimate of drug-likeness (QED) is 0.0129. The molecule has 3 unspecified atom stereocenters. The molecule has 81 heavy (non-hydrogen) atoms. The molecule has 3 fully saturated rings. The molecule has 3 atom stereocenters. The summed E-state index contributed by atoms with van der Waals surface area (Å²) in [7, 11) is -5.71. The highest BCUT2D eigenvalue weighted by atomic mass is 35.5. The number of ether oxygens (including phenoxy) is 10. The van der Waals surface area contributed by atoms with E-state index in [0.717, 1.165) is 62.9 Å². The Kier molecular flexibility index (Phi) is 31.7. The fourth-order valence-electron chi connectivity index (χ4n) is 7.69. The van der Waals surface area contributed by atoms with Crippen molar-refractivity contribution in [3.63, 3.8) is 0 Å². The summed E-state index contributed by atoms with van der Waals surface area (Å²) >= 11 is 6.35. The summed E-state index contributed by atoms with van der Waals surface area (Å²) in [4.78, 5) is 49.0. The molecule has 2 aliphatic heterocycles. The van der Waals surface area contributed by atoms with Gasteiger partial charge >= 0.3 is 13.6 Å². The van der Waals surface area contributed by atoms with Crippen molar-refractivity contribution in [2.45, 2.75) is 96.2 Å². The maximum Gasteiger partial charge on any atom is 0.367 e. The van der Waals surface area contributed by atoms with Crippen molar-refractivity contribution < 1.29 is 89.1 Å². The molecule has 458 valence electrons. The topological polar surface area (TPSA) is 286 Å². The number of anilines is 1. The van der Waals surface area contributed by atoms with Gasteiger partial charge in [-0.25, -0.2) is 32.0 Å². The van der Waals surface area contributed by atoms with E-state index in [0.29, 0.717) is 116 Å². The van der Waals surface area contributed by atoms with Crippen LogP contribution in [0.5, 0.6) is 5.75 Å². The lowest BCUT2D eigenvalue weighted by molar-refractivity contribution is -0.136. The van der Waals surface area contributed by atoms with Gasteiger partial charge in [0, 0.05) is 37.8 Å². The Morgan fingerprint density at radius 3 is 1.89 bits per heavy atom. The number of aromatic nitrogens is 7. The highest BCUT2D eigenvalue weighted by Crippen LogP contribution is 2.61. The minimum atomic E-state index is -4.13. The second-order valence-corrected chi connectivity index (χ2v) is 24.2. The lowest BCUT2D eigenvalue weighted by Gasteiger charge is -2.32. The molecule has 0 bridgehead atoms. The van der Waals surface area contributed by atoms with Gasteiger partial charge in [-0.1, -0.05) is 31.4 Å². The number of halogens is 4. The number of nitrogens with zero attached hydrogens (tertiary/aromatic N) is 8. The van der Waals surface area contributed by atoms with Crippen molar-refractivity contribution in [3.8, 4) is 5.75 Å². The van der Waals surface area contributed by atoms with Gasteiger partial charge in [0.05, 0.1) is 150 Å². The molecule has 2 saturated heterocycles. The van der Waals surface area contributed by atoms with E-state index in [1.54, 1.807) is 17.1 Å². The number of piperidine rings is 1. The van der Waals surface area contributed by atoms with Crippen molar-refractivity contribution in [3.05, 3.63) is 53.0 Å². The predicted octanol–water partition coefficient (Wildman–Crippen LogP) is 6.19. The molecule has 4 aromatic rings. The molecule has 1 aromatic carbocycles. The number of esters is 1. The number of fused-ring (bicyclic) bond motifs is 1. The molecular weight excluding hydrogens is 1140 g/mol. The van der Waals surface area contributed by atoms with Gasteiger partial charge in [0.15, 0.2) is 23.5 Å². The van der Waals surface area contributed by atoms with Crippen LogP contribution in [0.25, 0.3) is 11.0 Å². The molecule has 0 radical (unpaired) electrons. The van der Waals surface area contributed by atoms with Gasteiger partial charge in [0.25, 0.3) is 7.72 Å². The van der Waals surface area contributed by atoms with Crippen LogP contribution in [0.3, 0.4) is 0 Å². The Hall–Kier alpha value is -3.64. The van der Waals surface area contributed by atoms with Crippen molar-refractivity contribution >= 4 is 49.7 Å². The highest BCUT2D eigenvalue weighted by Gasteiger charge is 2.38. The van der Waals surface area contributed by atoms with Gasteiger partial charge in [-0.15, -0.1) is 5.10 Å². The van der Waals surface area contributed by atoms with Gasteiger partial charge in [-0.05, 0) is 43.7 Å². The summed E-state index contributed by atoms with van der Waals surface area (Å²) in [6.07, 6.45) is 12.8. The number of likely N-dealkylation sites (tertiary alicyclic amines) is 1. The van der Waals surface area contributed by atoms with Gasteiger partial charge in [0.1, 0.15) is 24.0 Å². The van der Waals surface area contributed by atoms with E-state index in [2.05, 4.69) is 51.8 Å². The second-order valence-electron chi connectivity index (χ2n) is 19.0. The number of carbonyl (C=O) groups is 1. The van der Waals surface area contributed by atoms with Crippen molar-refractivity contribution in [2.75, 3.05) is 144 Å². The van der Waals surface area contributed by atoms with Crippen LogP contribution in [0.15, 0.2) is 24.5 Å². The molecule has 5 heterocycles. The van der Waals surface area contributed by atoms with Crippen LogP contribution in [0.4, 0.5) is 19.0 Å². The molecule has 1 saturated carbocycles. The largest absolute Gasteiger partial charge is 0.420 e. The molecule has 1 aliphatic carbocycles. The minimum Gasteiger partial charge on any atom is -0.420 e. The van der Waals surface area contributed by atoms with E-state index in [1.165, 1.54) is 33.0 Å². The number of benzene rings is 1. The number of hydrogen-bond acceptors (Lipinski definition) is 21. The molecular formula is C50H80ClF3N9O16P2+. The van der Waals surface area contributed by atoms with E-state index < -0.39 is 50.4 Å². The molecule has 3 aliphatic rings. The molecule has 7 rings (SSSR count). The van der Waals surface area contributed by atoms with Crippen LogP contribution < -0.4 is 10.1 Å². The third-order valence-corrected chi connectivity index (χ3v) is 16.6. The van der Waals surface area contributed by atoms with Crippen LogP contribution in [0.2, 0.25) is 5.28 Å². The van der Waals surface area contributed by atoms with E-state index in [9.17, 15) is 22.5 Å². The monoisotopic (exact) mass is 1220 g/mol. The first-order chi connectivity index (χ1) is 39.0. The number of carbonyl (C=O) groups excluding carboxylic acids is 1. The standard InChI is InChI=1S/C44H63ClF3N9O11.C3H10O5P2.C3H6/c1-2-35-3-4-39(67-35)57-43-36(29-49-57)42(51-44(45)52-43)50-33-5-8-55(9-6-33)10-13-60-16-19-63-23-24-65-25-26-66-31-34-30-56(54-53-34)11-14-61-17-20-64-22-21-62-18-15-59-12-7-40(58)68-41-37(47)27-32(46)28-38(41)48;1-8-9(2,4)3-10(5,6)7;1-2-3-1/h27-30,33,35,39H,2-26,31H2,1H3,(H,50,51,52);4H,3H2,1-2H3,(H-,5,6,7);1-3H2/p+1. The fourth-order valence-corrected chi connectivity index (χ4v) is 11.1. The fraction of sp³-hybridized carbons (Fsp3) is 0.720. The van der Waals surface area contributed by atoms with E-state index in [-0.39, 0.29) is 49.9 Å². The Bertz CT molecular complexity index is 2440. The van der Waals surface area contributed by atoms with E-state index in [1.807, 2.05) is 4.68 Å². The zero-order valence-corrected chi connectivity index (χ0v) is 48.9. The first-order valence-electron chi connectivity index (χ1n) is 27.1. The Morgan fingerprint density at radius 1 is 0.802 bits per heavy atom. The zero-order valence-electron chi connectivity index (χ0n) is 46.4. The van der Waals surface area contributed by atoms with Gasteiger partial charge in [0.2, 0.25) is 16.9 Å². The molecule has 31 heteroatoms. The first kappa shape index (κ1) is 68.1. The van der Waals surface area contributed by atoms with Gasteiger partial charge < -0.3 is 67.4 Å². The van der Waals surface area contributed by atoms with Gasteiger partial charge in [-0.3, -0.25) is 9.36 Å². The third kappa shape index (κ3) is 28.2. The number of rotatable bonds is 37. The van der Waals surface area contributed by atoms with Crippen LogP contribution in [0.1, 0.15) is 76.6 Å². The molecule has 3 aromatic heterocycles.